The number of aromatic nitrogens is 3. The zero-order valence-corrected chi connectivity index (χ0v) is 15.8. The van der Waals surface area contributed by atoms with Gasteiger partial charge in [-0.05, 0) is 42.8 Å². The number of benzene rings is 1. The van der Waals surface area contributed by atoms with Gasteiger partial charge in [0.2, 0.25) is 5.91 Å². The number of rotatable bonds is 5. The van der Waals surface area contributed by atoms with Crippen LogP contribution in [0, 0.1) is 5.82 Å². The Bertz CT molecular complexity index is 933. The number of nitrogens with zero attached hydrogens (tertiary/aromatic N) is 2. The van der Waals surface area contributed by atoms with Gasteiger partial charge in [-0.2, -0.15) is 0 Å². The zero-order chi connectivity index (χ0) is 18.7. The largest absolute Gasteiger partial charge is 0.333 e. The summed E-state index contributed by atoms with van der Waals surface area (Å²) in [6, 6.07) is 7.57. The monoisotopic (exact) mass is 410 g/mol. The van der Waals surface area contributed by atoms with Gasteiger partial charge in [0.1, 0.15) is 5.82 Å². The van der Waals surface area contributed by atoms with Crippen LogP contribution in [0.1, 0.15) is 6.92 Å². The molecule has 1 aromatic carbocycles. The first-order chi connectivity index (χ1) is 12.4. The summed E-state index contributed by atoms with van der Waals surface area (Å²) in [6.45, 7) is 1.74. The second-order valence-corrected chi connectivity index (χ2v) is 7.52. The Kier molecular flexibility index (Phi) is 5.80. The highest BCUT2D eigenvalue weighted by Crippen LogP contribution is 2.27. The molecule has 0 fully saturated rings. The maximum atomic E-state index is 13.0. The summed E-state index contributed by atoms with van der Waals surface area (Å²) in [5.74, 6) is -0.325. The SMILES string of the molecule is CC(Sc1ncc(-c2ccc(F)cc2)[nH]1)C(=O)Nc1ncc(Cl)cc1Cl. The van der Waals surface area contributed by atoms with Gasteiger partial charge in [-0.1, -0.05) is 35.0 Å². The number of carbonyl (C=O) groups is 1. The molecular weight excluding hydrogens is 398 g/mol. The zero-order valence-electron chi connectivity index (χ0n) is 13.5. The Labute approximate surface area is 163 Å². The van der Waals surface area contributed by atoms with Crippen LogP contribution >= 0.6 is 35.0 Å². The summed E-state index contributed by atoms with van der Waals surface area (Å²) in [4.78, 5) is 23.7. The molecule has 0 saturated heterocycles. The predicted octanol–water partition coefficient (Wildman–Crippen LogP) is 5.04. The average molecular weight is 411 g/mol. The van der Waals surface area contributed by atoms with Gasteiger partial charge in [0.15, 0.2) is 11.0 Å². The van der Waals surface area contributed by atoms with Gasteiger partial charge >= 0.3 is 0 Å². The highest BCUT2D eigenvalue weighted by molar-refractivity contribution is 8.00. The topological polar surface area (TPSA) is 70.7 Å². The van der Waals surface area contributed by atoms with Crippen molar-refractivity contribution in [2.75, 3.05) is 5.32 Å². The predicted molar refractivity (Wildman–Crippen MR) is 102 cm³/mol. The highest BCUT2D eigenvalue weighted by atomic mass is 35.5. The Morgan fingerprint density at radius 2 is 1.96 bits per heavy atom. The second-order valence-electron chi connectivity index (χ2n) is 5.34. The molecule has 1 amide bonds. The van der Waals surface area contributed by atoms with Gasteiger partial charge in [-0.3, -0.25) is 4.79 Å². The van der Waals surface area contributed by atoms with Crippen molar-refractivity contribution in [1.29, 1.82) is 0 Å². The Morgan fingerprint density at radius 1 is 1.23 bits per heavy atom. The van der Waals surface area contributed by atoms with Crippen molar-refractivity contribution in [3.8, 4) is 11.3 Å². The molecule has 0 aliphatic heterocycles. The number of H-pyrrole nitrogens is 1. The van der Waals surface area contributed by atoms with Gasteiger partial charge in [0.25, 0.3) is 0 Å². The molecule has 0 saturated carbocycles. The first-order valence-corrected chi connectivity index (χ1v) is 9.15. The lowest BCUT2D eigenvalue weighted by atomic mass is 10.2. The van der Waals surface area contributed by atoms with Gasteiger partial charge in [-0.25, -0.2) is 14.4 Å². The third kappa shape index (κ3) is 4.55. The lowest BCUT2D eigenvalue weighted by Crippen LogP contribution is -2.23. The number of pyridine rings is 1. The molecule has 0 radical (unpaired) electrons. The fraction of sp³-hybridized carbons (Fsp3) is 0.118. The smallest absolute Gasteiger partial charge is 0.238 e. The van der Waals surface area contributed by atoms with E-state index in [0.29, 0.717) is 10.2 Å². The van der Waals surface area contributed by atoms with Crippen molar-refractivity contribution in [3.63, 3.8) is 0 Å². The number of nitrogens with one attached hydrogen (secondary N) is 2. The Morgan fingerprint density at radius 3 is 2.65 bits per heavy atom. The first-order valence-electron chi connectivity index (χ1n) is 7.52. The van der Waals surface area contributed by atoms with E-state index in [1.807, 2.05) is 0 Å². The fourth-order valence-corrected chi connectivity index (χ4v) is 3.30. The first kappa shape index (κ1) is 18.7. The van der Waals surface area contributed by atoms with E-state index in [0.717, 1.165) is 11.3 Å². The van der Waals surface area contributed by atoms with E-state index in [9.17, 15) is 9.18 Å². The molecule has 2 heterocycles. The number of thioether (sulfide) groups is 1. The van der Waals surface area contributed by atoms with E-state index in [1.54, 1.807) is 25.3 Å². The maximum absolute atomic E-state index is 13.0. The van der Waals surface area contributed by atoms with Gasteiger partial charge in [0.05, 0.1) is 27.2 Å². The van der Waals surface area contributed by atoms with E-state index >= 15 is 0 Å². The van der Waals surface area contributed by atoms with Crippen LogP contribution in [0.4, 0.5) is 10.2 Å². The highest BCUT2D eigenvalue weighted by Gasteiger charge is 2.18. The standard InChI is InChI=1S/C17H13Cl2FN4OS/c1-9(16(25)24-15-13(19)6-11(18)7-21-15)26-17-22-8-14(23-17)10-2-4-12(20)5-3-10/h2-9H,1H3,(H,22,23)(H,21,24,25). The van der Waals surface area contributed by atoms with Crippen molar-refractivity contribution >= 4 is 46.7 Å². The number of aromatic amines is 1. The van der Waals surface area contributed by atoms with Crippen LogP contribution in [0.3, 0.4) is 0 Å². The van der Waals surface area contributed by atoms with E-state index in [1.165, 1.54) is 36.2 Å². The van der Waals surface area contributed by atoms with Crippen LogP contribution in [0.2, 0.25) is 10.0 Å². The molecule has 134 valence electrons. The normalized spacial score (nSPS) is 12.0. The maximum Gasteiger partial charge on any atom is 0.238 e. The van der Waals surface area contributed by atoms with Gasteiger partial charge in [0, 0.05) is 6.20 Å². The summed E-state index contributed by atoms with van der Waals surface area (Å²) >= 11 is 13.0. The summed E-state index contributed by atoms with van der Waals surface area (Å²) in [5.41, 5.74) is 1.54. The van der Waals surface area contributed by atoms with Gasteiger partial charge in [-0.15, -0.1) is 0 Å². The molecule has 2 aromatic heterocycles. The second kappa shape index (κ2) is 8.07. The van der Waals surface area contributed by atoms with E-state index < -0.39 is 5.25 Å². The van der Waals surface area contributed by atoms with Gasteiger partial charge < -0.3 is 10.3 Å². The van der Waals surface area contributed by atoms with E-state index in [-0.39, 0.29) is 22.6 Å². The number of anilines is 1. The van der Waals surface area contributed by atoms with Crippen LogP contribution in [-0.2, 0) is 4.79 Å². The fourth-order valence-electron chi connectivity index (χ4n) is 2.08. The lowest BCUT2D eigenvalue weighted by Gasteiger charge is -2.11. The van der Waals surface area contributed by atoms with E-state index in [2.05, 4.69) is 20.3 Å². The van der Waals surface area contributed by atoms with Crippen molar-refractivity contribution in [1.82, 2.24) is 15.0 Å². The number of hydrogen-bond donors (Lipinski definition) is 2. The molecule has 3 rings (SSSR count). The summed E-state index contributed by atoms with van der Waals surface area (Å²) in [5, 5.41) is 3.43. The van der Waals surface area contributed by atoms with E-state index in [4.69, 9.17) is 23.2 Å². The van der Waals surface area contributed by atoms with Crippen molar-refractivity contribution in [2.45, 2.75) is 17.3 Å². The molecule has 0 aliphatic rings. The minimum atomic E-state index is -0.448. The number of halogens is 3. The number of imidazole rings is 1. The average Bonchev–Trinajstić information content (AvgIpc) is 3.06. The summed E-state index contributed by atoms with van der Waals surface area (Å²) in [7, 11) is 0. The van der Waals surface area contributed by atoms with Crippen LogP contribution < -0.4 is 5.32 Å². The minimum Gasteiger partial charge on any atom is -0.333 e. The Balaban J connectivity index is 1.65. The van der Waals surface area contributed by atoms with Crippen LogP contribution in [0.25, 0.3) is 11.3 Å². The molecule has 9 heteroatoms. The van der Waals surface area contributed by atoms with Crippen LogP contribution in [0.15, 0.2) is 47.9 Å². The minimum absolute atomic E-state index is 0.250. The molecule has 0 spiro atoms. The summed E-state index contributed by atoms with van der Waals surface area (Å²) < 4.78 is 13.0. The van der Waals surface area contributed by atoms with Crippen molar-refractivity contribution in [3.05, 3.63) is 58.6 Å². The molecule has 1 unspecified atom stereocenters. The molecule has 5 nitrogen and oxygen atoms in total. The molecule has 0 bridgehead atoms. The molecule has 1 atom stereocenters. The number of amides is 1. The molecular formula is C17H13Cl2FN4OS. The summed E-state index contributed by atoms with van der Waals surface area (Å²) in [6.07, 6.45) is 3.04. The third-order valence-corrected chi connectivity index (χ3v) is 4.91. The number of hydrogen-bond acceptors (Lipinski definition) is 4. The number of carbonyl (C=O) groups excluding carboxylic acids is 1. The molecule has 0 aliphatic carbocycles. The third-order valence-electron chi connectivity index (χ3n) is 3.41. The van der Waals surface area contributed by atoms with Crippen LogP contribution in [0.5, 0.6) is 0 Å². The molecule has 26 heavy (non-hydrogen) atoms. The lowest BCUT2D eigenvalue weighted by molar-refractivity contribution is -0.115. The molecule has 3 aromatic rings. The Hall–Kier alpha value is -2.09. The van der Waals surface area contributed by atoms with Crippen molar-refractivity contribution in [2.24, 2.45) is 0 Å². The van der Waals surface area contributed by atoms with Crippen molar-refractivity contribution < 1.29 is 9.18 Å². The van der Waals surface area contributed by atoms with Crippen LogP contribution in [-0.4, -0.2) is 26.1 Å². The quantitative estimate of drug-likeness (QED) is 0.578. The molecule has 2 N–H and O–H groups in total.